The standard InChI is InChI=1S/C17H23Cl2NO.BrH/c1-5-20(6-2)12-17(3,4)16(21)10-8-13-7-9-14(18)15(19)11-13;/h7-11H,5-6,12H2,1-4H3;1H. The molecule has 0 fully saturated rings. The molecule has 0 amide bonds. The Hall–Kier alpha value is -0.350. The lowest BCUT2D eigenvalue weighted by Crippen LogP contribution is -2.38. The topological polar surface area (TPSA) is 20.3 Å². The van der Waals surface area contributed by atoms with E-state index in [4.69, 9.17) is 23.2 Å². The van der Waals surface area contributed by atoms with E-state index in [1.807, 2.05) is 19.9 Å². The van der Waals surface area contributed by atoms with E-state index in [1.165, 1.54) is 0 Å². The molecule has 1 rings (SSSR count). The molecule has 0 radical (unpaired) electrons. The van der Waals surface area contributed by atoms with Crippen LogP contribution in [0.1, 0.15) is 33.3 Å². The predicted octanol–water partition coefficient (Wildman–Crippen LogP) is 5.52. The van der Waals surface area contributed by atoms with E-state index in [9.17, 15) is 4.79 Å². The number of rotatable bonds is 7. The molecule has 0 spiro atoms. The van der Waals surface area contributed by atoms with E-state index in [0.717, 1.165) is 25.2 Å². The van der Waals surface area contributed by atoms with Gasteiger partial charge in [-0.05, 0) is 36.9 Å². The Morgan fingerprint density at radius 1 is 1.18 bits per heavy atom. The lowest BCUT2D eigenvalue weighted by Gasteiger charge is -2.29. The third-order valence-electron chi connectivity index (χ3n) is 3.55. The molecule has 0 atom stereocenters. The van der Waals surface area contributed by atoms with Crippen molar-refractivity contribution in [3.8, 4) is 0 Å². The average molecular weight is 409 g/mol. The zero-order valence-electron chi connectivity index (χ0n) is 13.5. The molecule has 1 aromatic rings. The second-order valence-corrected chi connectivity index (χ2v) is 6.53. The molecule has 124 valence electrons. The number of allylic oxidation sites excluding steroid dienone is 1. The first-order valence-electron chi connectivity index (χ1n) is 7.20. The lowest BCUT2D eigenvalue weighted by atomic mass is 9.87. The molecule has 1 aromatic carbocycles. The highest BCUT2D eigenvalue weighted by molar-refractivity contribution is 8.93. The molecular formula is C17H24BrCl2NO. The van der Waals surface area contributed by atoms with E-state index in [1.54, 1.807) is 24.3 Å². The van der Waals surface area contributed by atoms with E-state index >= 15 is 0 Å². The third-order valence-corrected chi connectivity index (χ3v) is 4.29. The van der Waals surface area contributed by atoms with Crippen molar-refractivity contribution < 1.29 is 4.79 Å². The van der Waals surface area contributed by atoms with Gasteiger partial charge in [0, 0.05) is 12.0 Å². The summed E-state index contributed by atoms with van der Waals surface area (Å²) in [6.45, 7) is 10.8. The highest BCUT2D eigenvalue weighted by Gasteiger charge is 2.27. The van der Waals surface area contributed by atoms with Gasteiger partial charge in [-0.25, -0.2) is 0 Å². The smallest absolute Gasteiger partial charge is 0.162 e. The van der Waals surface area contributed by atoms with Gasteiger partial charge in [0.2, 0.25) is 0 Å². The molecule has 0 bridgehead atoms. The number of nitrogens with zero attached hydrogens (tertiary/aromatic N) is 1. The van der Waals surface area contributed by atoms with Crippen LogP contribution in [0, 0.1) is 5.41 Å². The van der Waals surface area contributed by atoms with Crippen LogP contribution < -0.4 is 0 Å². The summed E-state index contributed by atoms with van der Waals surface area (Å²) >= 11 is 11.8. The summed E-state index contributed by atoms with van der Waals surface area (Å²) in [5, 5.41) is 1.01. The van der Waals surface area contributed by atoms with E-state index in [0.29, 0.717) is 10.0 Å². The van der Waals surface area contributed by atoms with Crippen LogP contribution in [0.5, 0.6) is 0 Å². The fourth-order valence-corrected chi connectivity index (χ4v) is 2.40. The van der Waals surface area contributed by atoms with Gasteiger partial charge in [-0.3, -0.25) is 4.79 Å². The van der Waals surface area contributed by atoms with Gasteiger partial charge in [-0.2, -0.15) is 0 Å². The lowest BCUT2D eigenvalue weighted by molar-refractivity contribution is -0.123. The number of carbonyl (C=O) groups excluding carboxylic acids is 1. The Balaban J connectivity index is 0.00000441. The number of halogens is 3. The minimum Gasteiger partial charge on any atom is -0.303 e. The SMILES string of the molecule is Br.CCN(CC)CC(C)(C)C(=O)C=Cc1ccc(Cl)c(Cl)c1. The molecule has 0 heterocycles. The molecule has 0 aliphatic heterocycles. The van der Waals surface area contributed by atoms with Crippen molar-refractivity contribution >= 4 is 52.0 Å². The highest BCUT2D eigenvalue weighted by atomic mass is 79.9. The first-order valence-corrected chi connectivity index (χ1v) is 7.95. The number of hydrogen-bond acceptors (Lipinski definition) is 2. The van der Waals surface area contributed by atoms with E-state index < -0.39 is 5.41 Å². The van der Waals surface area contributed by atoms with E-state index in [-0.39, 0.29) is 22.8 Å². The van der Waals surface area contributed by atoms with Crippen molar-refractivity contribution in [2.45, 2.75) is 27.7 Å². The Morgan fingerprint density at radius 2 is 1.77 bits per heavy atom. The van der Waals surface area contributed by atoms with Crippen LogP contribution >= 0.6 is 40.2 Å². The number of carbonyl (C=O) groups is 1. The van der Waals surface area contributed by atoms with Gasteiger partial charge in [-0.15, -0.1) is 17.0 Å². The van der Waals surface area contributed by atoms with Crippen molar-refractivity contribution in [2.24, 2.45) is 5.41 Å². The number of hydrogen-bond donors (Lipinski definition) is 0. The first-order chi connectivity index (χ1) is 9.80. The van der Waals surface area contributed by atoms with Crippen molar-refractivity contribution in [3.63, 3.8) is 0 Å². The van der Waals surface area contributed by atoms with E-state index in [2.05, 4.69) is 18.7 Å². The maximum Gasteiger partial charge on any atom is 0.162 e. The van der Waals surface area contributed by atoms with Crippen LogP contribution in [-0.4, -0.2) is 30.3 Å². The third kappa shape index (κ3) is 6.41. The quantitative estimate of drug-likeness (QED) is 0.553. The molecule has 5 heteroatoms. The average Bonchev–Trinajstić information content (AvgIpc) is 2.45. The summed E-state index contributed by atoms with van der Waals surface area (Å²) in [7, 11) is 0. The Kier molecular flexibility index (Phi) is 9.56. The molecule has 0 saturated carbocycles. The maximum atomic E-state index is 12.4. The molecular weight excluding hydrogens is 385 g/mol. The van der Waals surface area contributed by atoms with Crippen LogP contribution in [-0.2, 0) is 4.79 Å². The van der Waals surface area contributed by atoms with Crippen molar-refractivity contribution in [3.05, 3.63) is 39.9 Å². The monoisotopic (exact) mass is 407 g/mol. The van der Waals surface area contributed by atoms with Gasteiger partial charge in [0.15, 0.2) is 5.78 Å². The zero-order valence-corrected chi connectivity index (χ0v) is 16.8. The Morgan fingerprint density at radius 3 is 2.27 bits per heavy atom. The summed E-state index contributed by atoms with van der Waals surface area (Å²) in [6, 6.07) is 5.33. The van der Waals surface area contributed by atoms with Gasteiger partial charge in [0.05, 0.1) is 10.0 Å². The highest BCUT2D eigenvalue weighted by Crippen LogP contribution is 2.24. The fourth-order valence-electron chi connectivity index (χ4n) is 2.10. The minimum atomic E-state index is -0.404. The molecule has 0 unspecified atom stereocenters. The first kappa shape index (κ1) is 21.6. The minimum absolute atomic E-state index is 0. The van der Waals surface area contributed by atoms with Crippen molar-refractivity contribution in [1.29, 1.82) is 0 Å². The van der Waals surface area contributed by atoms with Crippen LogP contribution in [0.2, 0.25) is 10.0 Å². The summed E-state index contributed by atoms with van der Waals surface area (Å²) < 4.78 is 0. The van der Waals surface area contributed by atoms with Crippen LogP contribution in [0.3, 0.4) is 0 Å². The van der Waals surface area contributed by atoms with Crippen molar-refractivity contribution in [1.82, 2.24) is 4.90 Å². The molecule has 2 nitrogen and oxygen atoms in total. The van der Waals surface area contributed by atoms with Crippen molar-refractivity contribution in [2.75, 3.05) is 19.6 Å². The largest absolute Gasteiger partial charge is 0.303 e. The Labute approximate surface area is 154 Å². The molecule has 0 aliphatic carbocycles. The molecule has 0 N–H and O–H groups in total. The van der Waals surface area contributed by atoms with Crippen LogP contribution in [0.4, 0.5) is 0 Å². The molecule has 0 aromatic heterocycles. The van der Waals surface area contributed by atoms with Gasteiger partial charge >= 0.3 is 0 Å². The van der Waals surface area contributed by atoms with Gasteiger partial charge in [0.1, 0.15) is 0 Å². The van der Waals surface area contributed by atoms with Crippen LogP contribution in [0.15, 0.2) is 24.3 Å². The summed E-state index contributed by atoms with van der Waals surface area (Å²) in [5.74, 6) is 0.112. The summed E-state index contributed by atoms with van der Waals surface area (Å²) in [4.78, 5) is 14.6. The van der Waals surface area contributed by atoms with Gasteiger partial charge in [0.25, 0.3) is 0 Å². The number of ketones is 1. The second-order valence-electron chi connectivity index (χ2n) is 5.72. The summed E-state index contributed by atoms with van der Waals surface area (Å²) in [5.41, 5.74) is 0.468. The van der Waals surface area contributed by atoms with Gasteiger partial charge in [-0.1, -0.05) is 63.0 Å². The molecule has 22 heavy (non-hydrogen) atoms. The fraction of sp³-hybridized carbons (Fsp3) is 0.471. The normalized spacial score (nSPS) is 11.8. The second kappa shape index (κ2) is 9.71. The molecule has 0 aliphatic rings. The van der Waals surface area contributed by atoms with Gasteiger partial charge < -0.3 is 4.90 Å². The van der Waals surface area contributed by atoms with Crippen LogP contribution in [0.25, 0.3) is 6.08 Å². The summed E-state index contributed by atoms with van der Waals surface area (Å²) in [6.07, 6.45) is 3.41. The number of benzene rings is 1. The Bertz CT molecular complexity index is 525. The molecule has 0 saturated heterocycles. The predicted molar refractivity (Wildman–Crippen MR) is 102 cm³/mol. The zero-order chi connectivity index (χ0) is 16.0. The maximum absolute atomic E-state index is 12.4.